The summed E-state index contributed by atoms with van der Waals surface area (Å²) in [5.74, 6) is 1.02. The van der Waals surface area contributed by atoms with Gasteiger partial charge >= 0.3 is 0 Å². The summed E-state index contributed by atoms with van der Waals surface area (Å²) >= 11 is 0. The maximum atomic E-state index is 11.7. The molecule has 9 heteroatoms. The molecule has 1 saturated heterocycles. The lowest BCUT2D eigenvalue weighted by Gasteiger charge is -2.40. The van der Waals surface area contributed by atoms with Crippen molar-refractivity contribution < 1.29 is 39.4 Å². The molecule has 1 aliphatic carbocycles. The Morgan fingerprint density at radius 1 is 1.19 bits per heavy atom. The first-order valence-corrected chi connectivity index (χ1v) is 9.02. The fraction of sp³-hybridized carbons (Fsp3) is 0.611. The highest BCUT2D eigenvalue weighted by Crippen LogP contribution is 2.38. The summed E-state index contributed by atoms with van der Waals surface area (Å²) in [4.78, 5) is 11.7. The highest BCUT2D eigenvalue weighted by atomic mass is 16.7. The number of ketones is 1. The van der Waals surface area contributed by atoms with Crippen LogP contribution in [0.4, 0.5) is 5.69 Å². The number of aliphatic hydroxyl groups excluding tert-OH is 4. The summed E-state index contributed by atoms with van der Waals surface area (Å²) in [6, 6.07) is 5.12. The first kappa shape index (κ1) is 18.5. The van der Waals surface area contributed by atoms with E-state index in [1.165, 1.54) is 0 Å². The summed E-state index contributed by atoms with van der Waals surface area (Å²) < 4.78 is 16.9. The van der Waals surface area contributed by atoms with E-state index in [-0.39, 0.29) is 17.9 Å². The van der Waals surface area contributed by atoms with Gasteiger partial charge in [0, 0.05) is 18.9 Å². The third-order valence-electron chi connectivity index (χ3n) is 5.28. The van der Waals surface area contributed by atoms with E-state index in [1.807, 2.05) is 0 Å². The molecule has 4 rings (SSSR count). The van der Waals surface area contributed by atoms with Gasteiger partial charge in [0.1, 0.15) is 47.8 Å². The third kappa shape index (κ3) is 3.48. The van der Waals surface area contributed by atoms with Gasteiger partial charge in [-0.3, -0.25) is 4.79 Å². The van der Waals surface area contributed by atoms with Gasteiger partial charge in [-0.2, -0.15) is 0 Å². The summed E-state index contributed by atoms with van der Waals surface area (Å²) in [5.41, 5.74) is 0.784. The van der Waals surface area contributed by atoms with Gasteiger partial charge in [-0.1, -0.05) is 0 Å². The molecule has 3 aliphatic rings. The minimum absolute atomic E-state index is 0.0902. The van der Waals surface area contributed by atoms with E-state index in [0.717, 1.165) is 12.1 Å². The Morgan fingerprint density at radius 3 is 2.78 bits per heavy atom. The van der Waals surface area contributed by atoms with E-state index < -0.39 is 37.3 Å². The van der Waals surface area contributed by atoms with E-state index in [2.05, 4.69) is 5.32 Å². The molecule has 1 saturated carbocycles. The maximum Gasteiger partial charge on any atom is 0.229 e. The summed E-state index contributed by atoms with van der Waals surface area (Å²) in [5, 5.41) is 42.4. The van der Waals surface area contributed by atoms with Gasteiger partial charge in [0.05, 0.1) is 18.3 Å². The van der Waals surface area contributed by atoms with Gasteiger partial charge in [0.2, 0.25) is 6.29 Å². The molecule has 1 aromatic rings. The van der Waals surface area contributed by atoms with Crippen LogP contribution in [-0.4, -0.2) is 75.7 Å². The lowest BCUT2D eigenvalue weighted by atomic mass is 9.90. The van der Waals surface area contributed by atoms with E-state index in [1.54, 1.807) is 18.2 Å². The van der Waals surface area contributed by atoms with E-state index in [4.69, 9.17) is 14.2 Å². The Bertz CT molecular complexity index is 711. The number of nitrogens with one attached hydrogen (secondary N) is 1. The van der Waals surface area contributed by atoms with Gasteiger partial charge in [-0.15, -0.1) is 0 Å². The molecule has 148 valence electrons. The zero-order chi connectivity index (χ0) is 19.1. The number of ether oxygens (including phenoxy) is 3. The smallest absolute Gasteiger partial charge is 0.229 e. The topological polar surface area (TPSA) is 138 Å². The molecule has 0 bridgehead atoms. The zero-order valence-electron chi connectivity index (χ0n) is 14.5. The van der Waals surface area contributed by atoms with Crippen LogP contribution in [0.25, 0.3) is 0 Å². The van der Waals surface area contributed by atoms with Crippen LogP contribution < -0.4 is 14.8 Å². The lowest BCUT2D eigenvalue weighted by molar-refractivity contribution is -0.277. The Balaban J connectivity index is 1.49. The molecule has 7 atom stereocenters. The SMILES string of the molecule is O=C1CCC2Nc3ccc(O[C@@H]4O[C@H](CO)[C@H](O)[C@H](O)[C@H]4O)cc3OC2C1. The molecule has 0 aromatic heterocycles. The van der Waals surface area contributed by atoms with Crippen molar-refractivity contribution in [3.8, 4) is 11.5 Å². The number of anilines is 1. The van der Waals surface area contributed by atoms with Crippen LogP contribution >= 0.6 is 0 Å². The molecule has 2 heterocycles. The van der Waals surface area contributed by atoms with Gasteiger partial charge in [0.25, 0.3) is 0 Å². The summed E-state index contributed by atoms with van der Waals surface area (Å²) in [6.07, 6.45) is -5.35. The van der Waals surface area contributed by atoms with Crippen molar-refractivity contribution in [1.29, 1.82) is 0 Å². The van der Waals surface area contributed by atoms with Crippen molar-refractivity contribution in [2.75, 3.05) is 11.9 Å². The van der Waals surface area contributed by atoms with Gasteiger partial charge in [0.15, 0.2) is 0 Å². The standard InChI is InChI=1S/C18H23NO8/c20-7-14-15(22)16(23)17(24)18(27-14)25-9-2-4-11-13(6-9)26-12-5-8(21)1-3-10(12)19-11/h2,4,6,10,12,14-20,22-24H,1,3,5,7H2/t10?,12?,14-,15+,16+,17-,18-/m1/s1. The zero-order valence-corrected chi connectivity index (χ0v) is 14.5. The van der Waals surface area contributed by atoms with Crippen molar-refractivity contribution >= 4 is 11.5 Å². The second-order valence-electron chi connectivity index (χ2n) is 7.16. The van der Waals surface area contributed by atoms with Crippen LogP contribution in [0.1, 0.15) is 19.3 Å². The second kappa shape index (κ2) is 7.25. The molecular weight excluding hydrogens is 358 g/mol. The number of aliphatic hydroxyl groups is 4. The van der Waals surface area contributed by atoms with E-state index >= 15 is 0 Å². The number of hydrogen-bond acceptors (Lipinski definition) is 9. The maximum absolute atomic E-state index is 11.7. The molecule has 0 radical (unpaired) electrons. The molecule has 2 fully saturated rings. The Labute approximate surface area is 155 Å². The monoisotopic (exact) mass is 381 g/mol. The van der Waals surface area contributed by atoms with Gasteiger partial charge < -0.3 is 40.0 Å². The third-order valence-corrected chi connectivity index (χ3v) is 5.28. The van der Waals surface area contributed by atoms with Crippen LogP contribution in [0, 0.1) is 0 Å². The average Bonchev–Trinajstić information content (AvgIpc) is 2.66. The van der Waals surface area contributed by atoms with Crippen molar-refractivity contribution in [1.82, 2.24) is 0 Å². The highest BCUT2D eigenvalue weighted by Gasteiger charge is 2.45. The first-order chi connectivity index (χ1) is 13.0. The Morgan fingerprint density at radius 2 is 2.00 bits per heavy atom. The fourth-order valence-electron chi connectivity index (χ4n) is 3.71. The fourth-order valence-corrected chi connectivity index (χ4v) is 3.71. The molecule has 9 nitrogen and oxygen atoms in total. The van der Waals surface area contributed by atoms with E-state index in [9.17, 15) is 25.2 Å². The van der Waals surface area contributed by atoms with Crippen molar-refractivity contribution in [3.63, 3.8) is 0 Å². The van der Waals surface area contributed by atoms with E-state index in [0.29, 0.717) is 24.3 Å². The van der Waals surface area contributed by atoms with Crippen LogP contribution in [-0.2, 0) is 9.53 Å². The summed E-state index contributed by atoms with van der Waals surface area (Å²) in [7, 11) is 0. The Kier molecular flexibility index (Phi) is 4.95. The molecule has 1 aromatic carbocycles. The normalized spacial score (nSPS) is 38.2. The minimum Gasteiger partial charge on any atom is -0.486 e. The highest BCUT2D eigenvalue weighted by molar-refractivity contribution is 5.80. The second-order valence-corrected chi connectivity index (χ2v) is 7.16. The van der Waals surface area contributed by atoms with Crippen molar-refractivity contribution in [2.45, 2.75) is 62.1 Å². The number of hydrogen-bond donors (Lipinski definition) is 5. The number of fused-ring (bicyclic) bond motifs is 2. The van der Waals surface area contributed by atoms with Crippen LogP contribution in [0.5, 0.6) is 11.5 Å². The van der Waals surface area contributed by atoms with Crippen LogP contribution in [0.3, 0.4) is 0 Å². The molecule has 0 spiro atoms. The average molecular weight is 381 g/mol. The predicted molar refractivity (Wildman–Crippen MR) is 91.5 cm³/mol. The first-order valence-electron chi connectivity index (χ1n) is 9.02. The molecule has 0 amide bonds. The molecule has 2 aliphatic heterocycles. The number of rotatable bonds is 3. The van der Waals surface area contributed by atoms with Gasteiger partial charge in [-0.25, -0.2) is 0 Å². The minimum atomic E-state index is -1.51. The molecule has 5 N–H and O–H groups in total. The number of Topliss-reactive ketones (excluding diaryl/α,β-unsaturated/α-hetero) is 1. The quantitative estimate of drug-likeness (QED) is 0.454. The lowest BCUT2D eigenvalue weighted by Crippen LogP contribution is -2.60. The molecular formula is C18H23NO8. The molecule has 2 unspecified atom stereocenters. The Hall–Kier alpha value is -1.91. The van der Waals surface area contributed by atoms with Crippen molar-refractivity contribution in [2.24, 2.45) is 0 Å². The number of benzene rings is 1. The van der Waals surface area contributed by atoms with Crippen LogP contribution in [0.15, 0.2) is 18.2 Å². The largest absolute Gasteiger partial charge is 0.486 e. The van der Waals surface area contributed by atoms with Crippen LogP contribution in [0.2, 0.25) is 0 Å². The number of carbonyl (C=O) groups is 1. The van der Waals surface area contributed by atoms with Crippen molar-refractivity contribution in [3.05, 3.63) is 18.2 Å². The number of carbonyl (C=O) groups excluding carboxylic acids is 1. The molecule has 27 heavy (non-hydrogen) atoms. The summed E-state index contributed by atoms with van der Waals surface area (Å²) in [6.45, 7) is -0.529. The predicted octanol–water partition coefficient (Wildman–Crippen LogP) is -0.840. The van der Waals surface area contributed by atoms with Gasteiger partial charge in [-0.05, 0) is 18.6 Å².